The van der Waals surface area contributed by atoms with E-state index < -0.39 is 6.10 Å². The first kappa shape index (κ1) is 10.7. The Hall–Kier alpha value is -1.78. The second-order valence-corrected chi connectivity index (χ2v) is 3.84. The van der Waals surface area contributed by atoms with E-state index in [1.807, 2.05) is 6.92 Å². The second kappa shape index (κ2) is 4.00. The van der Waals surface area contributed by atoms with Gasteiger partial charge in [0.25, 0.3) is 5.91 Å². The maximum atomic E-state index is 11.9. The van der Waals surface area contributed by atoms with Crippen molar-refractivity contribution in [2.75, 3.05) is 17.2 Å². The first-order valence-electron chi connectivity index (χ1n) is 5.37. The van der Waals surface area contributed by atoms with Gasteiger partial charge in [-0.15, -0.1) is 0 Å². The third kappa shape index (κ3) is 1.68. The molecule has 1 aliphatic heterocycles. The van der Waals surface area contributed by atoms with Gasteiger partial charge in [-0.05, 0) is 13.3 Å². The predicted octanol–water partition coefficient (Wildman–Crippen LogP) is 1.19. The van der Waals surface area contributed by atoms with Gasteiger partial charge in [0.05, 0.1) is 11.9 Å². The van der Waals surface area contributed by atoms with Gasteiger partial charge in [0, 0.05) is 12.6 Å². The summed E-state index contributed by atoms with van der Waals surface area (Å²) in [7, 11) is 0. The van der Waals surface area contributed by atoms with Gasteiger partial charge in [-0.2, -0.15) is 0 Å². The van der Waals surface area contributed by atoms with E-state index >= 15 is 0 Å². The lowest BCUT2D eigenvalue weighted by atomic mass is 10.2. The van der Waals surface area contributed by atoms with Crippen LogP contribution in [0.25, 0.3) is 0 Å². The summed E-state index contributed by atoms with van der Waals surface area (Å²) in [6, 6.07) is 1.70. The van der Waals surface area contributed by atoms with Crippen LogP contribution in [0.3, 0.4) is 0 Å². The molecule has 2 N–H and O–H groups in total. The number of rotatable bonds is 2. The molecule has 5 nitrogen and oxygen atoms in total. The van der Waals surface area contributed by atoms with Gasteiger partial charge in [-0.1, -0.05) is 6.92 Å². The van der Waals surface area contributed by atoms with E-state index in [1.54, 1.807) is 17.9 Å². The lowest BCUT2D eigenvalue weighted by molar-refractivity contribution is -0.125. The standard InChI is InChI=1S/C11H15N3O2/c1-3-4-14-10-9(5-8(12)6-13-10)16-7(2)11(14)15/h5-7H,3-4,12H2,1-2H3. The van der Waals surface area contributed by atoms with E-state index in [4.69, 9.17) is 10.5 Å². The molecule has 0 aromatic carbocycles. The number of ether oxygens (including phenoxy) is 1. The summed E-state index contributed by atoms with van der Waals surface area (Å²) < 4.78 is 5.47. The van der Waals surface area contributed by atoms with Crippen LogP contribution in [0.4, 0.5) is 11.5 Å². The highest BCUT2D eigenvalue weighted by atomic mass is 16.5. The van der Waals surface area contributed by atoms with E-state index in [-0.39, 0.29) is 5.91 Å². The lowest BCUT2D eigenvalue weighted by Crippen LogP contribution is -2.45. The van der Waals surface area contributed by atoms with Crippen molar-refractivity contribution in [3.63, 3.8) is 0 Å². The molecule has 5 heteroatoms. The molecule has 1 unspecified atom stereocenters. The SMILES string of the molecule is CCCN1C(=O)C(C)Oc2cc(N)cnc21. The molecule has 2 heterocycles. The zero-order valence-corrected chi connectivity index (χ0v) is 9.43. The Kier molecular flexibility index (Phi) is 2.68. The summed E-state index contributed by atoms with van der Waals surface area (Å²) in [5.41, 5.74) is 6.17. The molecule has 0 saturated carbocycles. The van der Waals surface area contributed by atoms with Gasteiger partial charge in [-0.25, -0.2) is 4.98 Å². The number of nitrogens with zero attached hydrogens (tertiary/aromatic N) is 2. The Balaban J connectivity index is 2.43. The molecule has 0 bridgehead atoms. The quantitative estimate of drug-likeness (QED) is 0.814. The molecule has 1 aromatic rings. The summed E-state index contributed by atoms with van der Waals surface area (Å²) in [6.07, 6.45) is 1.94. The average molecular weight is 221 g/mol. The number of carbonyl (C=O) groups is 1. The van der Waals surface area contributed by atoms with Gasteiger partial charge < -0.3 is 10.5 Å². The van der Waals surface area contributed by atoms with Gasteiger partial charge >= 0.3 is 0 Å². The second-order valence-electron chi connectivity index (χ2n) is 3.84. The van der Waals surface area contributed by atoms with Crippen LogP contribution in [-0.4, -0.2) is 23.5 Å². The molecule has 0 spiro atoms. The van der Waals surface area contributed by atoms with E-state index in [1.165, 1.54) is 6.20 Å². The number of nitrogens with two attached hydrogens (primary N) is 1. The smallest absolute Gasteiger partial charge is 0.269 e. The van der Waals surface area contributed by atoms with E-state index in [0.717, 1.165) is 6.42 Å². The first-order valence-corrected chi connectivity index (χ1v) is 5.37. The van der Waals surface area contributed by atoms with Crippen molar-refractivity contribution < 1.29 is 9.53 Å². The number of hydrogen-bond acceptors (Lipinski definition) is 4. The van der Waals surface area contributed by atoms with Crippen LogP contribution in [-0.2, 0) is 4.79 Å². The molecular weight excluding hydrogens is 206 g/mol. The van der Waals surface area contributed by atoms with Gasteiger partial charge in [0.1, 0.15) is 0 Å². The molecule has 0 fully saturated rings. The highest BCUT2D eigenvalue weighted by molar-refractivity contribution is 5.98. The first-order chi connectivity index (χ1) is 7.63. The fourth-order valence-corrected chi connectivity index (χ4v) is 1.75. The van der Waals surface area contributed by atoms with Gasteiger partial charge in [0.15, 0.2) is 17.7 Å². The number of aromatic nitrogens is 1. The van der Waals surface area contributed by atoms with Crippen LogP contribution >= 0.6 is 0 Å². The molecule has 1 aliphatic rings. The van der Waals surface area contributed by atoms with Crippen molar-refractivity contribution >= 4 is 17.4 Å². The summed E-state index contributed by atoms with van der Waals surface area (Å²) in [5.74, 6) is 1.10. The summed E-state index contributed by atoms with van der Waals surface area (Å²) >= 11 is 0. The summed E-state index contributed by atoms with van der Waals surface area (Å²) in [6.45, 7) is 4.40. The number of carbonyl (C=O) groups excluding carboxylic acids is 1. The minimum atomic E-state index is -0.470. The zero-order chi connectivity index (χ0) is 11.7. The zero-order valence-electron chi connectivity index (χ0n) is 9.43. The normalized spacial score (nSPS) is 19.2. The Morgan fingerprint density at radius 2 is 2.38 bits per heavy atom. The minimum absolute atomic E-state index is 0.0494. The largest absolute Gasteiger partial charge is 0.477 e. The Labute approximate surface area is 94.2 Å². The Morgan fingerprint density at radius 3 is 3.06 bits per heavy atom. The van der Waals surface area contributed by atoms with Crippen LogP contribution in [0.5, 0.6) is 5.75 Å². The number of amides is 1. The van der Waals surface area contributed by atoms with E-state index in [9.17, 15) is 4.79 Å². The van der Waals surface area contributed by atoms with Gasteiger partial charge in [-0.3, -0.25) is 9.69 Å². The van der Waals surface area contributed by atoms with Crippen molar-refractivity contribution in [3.05, 3.63) is 12.3 Å². The lowest BCUT2D eigenvalue weighted by Gasteiger charge is -2.31. The molecule has 0 radical (unpaired) electrons. The van der Waals surface area contributed by atoms with Crippen LogP contribution in [0.2, 0.25) is 0 Å². The Morgan fingerprint density at radius 1 is 1.62 bits per heavy atom. The van der Waals surface area contributed by atoms with E-state index in [0.29, 0.717) is 23.8 Å². The number of anilines is 2. The average Bonchev–Trinajstić information content (AvgIpc) is 2.24. The maximum absolute atomic E-state index is 11.9. The summed E-state index contributed by atoms with van der Waals surface area (Å²) in [4.78, 5) is 17.7. The molecule has 1 amide bonds. The van der Waals surface area contributed by atoms with Crippen molar-refractivity contribution in [2.45, 2.75) is 26.4 Å². The number of fused-ring (bicyclic) bond motifs is 1. The molecule has 0 saturated heterocycles. The van der Waals surface area contributed by atoms with Crippen LogP contribution in [0.1, 0.15) is 20.3 Å². The number of hydrogen-bond donors (Lipinski definition) is 1. The fourth-order valence-electron chi connectivity index (χ4n) is 1.75. The minimum Gasteiger partial charge on any atom is -0.477 e. The molecule has 1 atom stereocenters. The van der Waals surface area contributed by atoms with Gasteiger partial charge in [0.2, 0.25) is 0 Å². The molecular formula is C11H15N3O2. The molecule has 86 valence electrons. The van der Waals surface area contributed by atoms with Crippen molar-refractivity contribution in [2.24, 2.45) is 0 Å². The van der Waals surface area contributed by atoms with E-state index in [2.05, 4.69) is 4.98 Å². The maximum Gasteiger partial charge on any atom is 0.269 e. The monoisotopic (exact) mass is 221 g/mol. The van der Waals surface area contributed by atoms with Crippen molar-refractivity contribution in [1.29, 1.82) is 0 Å². The topological polar surface area (TPSA) is 68.5 Å². The van der Waals surface area contributed by atoms with Crippen LogP contribution < -0.4 is 15.4 Å². The van der Waals surface area contributed by atoms with Crippen LogP contribution in [0, 0.1) is 0 Å². The number of pyridine rings is 1. The molecule has 1 aromatic heterocycles. The van der Waals surface area contributed by atoms with Crippen molar-refractivity contribution in [3.8, 4) is 5.75 Å². The fraction of sp³-hybridized carbons (Fsp3) is 0.455. The molecule has 0 aliphatic carbocycles. The molecule has 16 heavy (non-hydrogen) atoms. The number of nitrogen functional groups attached to an aromatic ring is 1. The van der Waals surface area contributed by atoms with Crippen LogP contribution in [0.15, 0.2) is 12.3 Å². The third-order valence-electron chi connectivity index (χ3n) is 2.47. The predicted molar refractivity (Wildman–Crippen MR) is 61.4 cm³/mol. The highest BCUT2D eigenvalue weighted by Gasteiger charge is 2.31. The highest BCUT2D eigenvalue weighted by Crippen LogP contribution is 2.33. The third-order valence-corrected chi connectivity index (χ3v) is 2.47. The van der Waals surface area contributed by atoms with Crippen molar-refractivity contribution in [1.82, 2.24) is 4.98 Å². The Bertz CT molecular complexity index is 420. The molecule has 2 rings (SSSR count). The summed E-state index contributed by atoms with van der Waals surface area (Å²) in [5, 5.41) is 0.